The predicted octanol–water partition coefficient (Wildman–Crippen LogP) is 0.982. The zero-order valence-electron chi connectivity index (χ0n) is 9.85. The van der Waals surface area contributed by atoms with Gasteiger partial charge in [0.2, 0.25) is 0 Å². The summed E-state index contributed by atoms with van der Waals surface area (Å²) in [5, 5.41) is 4.07. The molecule has 2 aromatic rings. The number of aryl methyl sites for hydroxylation is 1. The van der Waals surface area contributed by atoms with E-state index in [1.54, 1.807) is 10.9 Å². The van der Waals surface area contributed by atoms with Crippen LogP contribution in [0.1, 0.15) is 21.6 Å². The van der Waals surface area contributed by atoms with Crippen molar-refractivity contribution in [2.24, 2.45) is 5.84 Å². The van der Waals surface area contributed by atoms with E-state index in [1.165, 1.54) is 18.2 Å². The van der Waals surface area contributed by atoms with Crippen LogP contribution in [0.3, 0.4) is 0 Å². The van der Waals surface area contributed by atoms with E-state index in [1.807, 2.05) is 18.4 Å². The maximum absolute atomic E-state index is 13.7. The molecule has 0 aliphatic heterocycles. The number of nitrogens with two attached hydrogens (primary N) is 1. The van der Waals surface area contributed by atoms with Crippen molar-refractivity contribution in [2.45, 2.75) is 13.5 Å². The number of nitrogens with zero attached hydrogens (tertiary/aromatic N) is 2. The summed E-state index contributed by atoms with van der Waals surface area (Å²) in [5.41, 5.74) is 3.64. The molecule has 0 fully saturated rings. The largest absolute Gasteiger partial charge is 0.290 e. The molecule has 1 heterocycles. The molecule has 2 rings (SSSR count). The number of hydrogen-bond acceptors (Lipinski definition) is 3. The van der Waals surface area contributed by atoms with Crippen LogP contribution in [0, 0.1) is 12.7 Å². The average Bonchev–Trinajstić information content (AvgIpc) is 2.77. The second kappa shape index (κ2) is 4.97. The van der Waals surface area contributed by atoms with Crippen molar-refractivity contribution in [3.05, 3.63) is 53.1 Å². The third kappa shape index (κ3) is 2.38. The highest BCUT2D eigenvalue weighted by Crippen LogP contribution is 2.13. The highest BCUT2D eigenvalue weighted by Gasteiger charge is 2.10. The molecule has 94 valence electrons. The van der Waals surface area contributed by atoms with Crippen LogP contribution < -0.4 is 11.3 Å². The Morgan fingerprint density at radius 3 is 2.89 bits per heavy atom. The Bertz CT molecular complexity index is 579. The van der Waals surface area contributed by atoms with Gasteiger partial charge >= 0.3 is 0 Å². The molecule has 0 radical (unpaired) electrons. The summed E-state index contributed by atoms with van der Waals surface area (Å²) in [6, 6.07) is 5.93. The Hall–Kier alpha value is -2.21. The number of carbonyl (C=O) groups excluding carboxylic acids is 1. The van der Waals surface area contributed by atoms with Crippen LogP contribution in [0.25, 0.3) is 0 Å². The number of aromatic nitrogens is 2. The molecule has 0 aliphatic carbocycles. The first-order valence-corrected chi connectivity index (χ1v) is 5.39. The van der Waals surface area contributed by atoms with Gasteiger partial charge in [-0.1, -0.05) is 0 Å². The highest BCUT2D eigenvalue weighted by atomic mass is 19.1. The smallest absolute Gasteiger partial charge is 0.265 e. The second-order valence-corrected chi connectivity index (χ2v) is 3.91. The summed E-state index contributed by atoms with van der Waals surface area (Å²) < 4.78 is 15.3. The Kier molecular flexibility index (Phi) is 3.38. The summed E-state index contributed by atoms with van der Waals surface area (Å²) in [5.74, 6) is 4.21. The zero-order chi connectivity index (χ0) is 13.1. The van der Waals surface area contributed by atoms with Gasteiger partial charge in [0, 0.05) is 23.0 Å². The number of nitrogens with one attached hydrogen (secondary N) is 1. The number of benzene rings is 1. The summed E-state index contributed by atoms with van der Waals surface area (Å²) in [7, 11) is 0. The SMILES string of the molecule is Cc1ccnn1Cc1cc(C(=O)NN)ccc1F. The lowest BCUT2D eigenvalue weighted by Gasteiger charge is -2.08. The van der Waals surface area contributed by atoms with Gasteiger partial charge < -0.3 is 0 Å². The minimum absolute atomic E-state index is 0.274. The fourth-order valence-electron chi connectivity index (χ4n) is 1.65. The Labute approximate surface area is 103 Å². The fraction of sp³-hybridized carbons (Fsp3) is 0.167. The first kappa shape index (κ1) is 12.3. The van der Waals surface area contributed by atoms with Crippen molar-refractivity contribution < 1.29 is 9.18 Å². The quantitative estimate of drug-likeness (QED) is 0.483. The standard InChI is InChI=1S/C12H13FN4O/c1-8-4-5-15-17(8)7-10-6-9(12(18)16-14)2-3-11(10)13/h2-6H,7,14H2,1H3,(H,16,18). The summed E-state index contributed by atoms with van der Waals surface area (Å²) in [6.07, 6.45) is 1.64. The maximum atomic E-state index is 13.7. The lowest BCUT2D eigenvalue weighted by molar-refractivity contribution is 0.0953. The normalized spacial score (nSPS) is 10.4. The monoisotopic (exact) mass is 248 g/mol. The van der Waals surface area contributed by atoms with E-state index in [2.05, 4.69) is 5.10 Å². The van der Waals surface area contributed by atoms with Crippen LogP contribution in [0.4, 0.5) is 4.39 Å². The molecule has 6 heteroatoms. The first-order chi connectivity index (χ1) is 8.61. The maximum Gasteiger partial charge on any atom is 0.265 e. The average molecular weight is 248 g/mol. The van der Waals surface area contributed by atoms with Gasteiger partial charge in [-0.25, -0.2) is 10.2 Å². The van der Waals surface area contributed by atoms with Crippen LogP contribution >= 0.6 is 0 Å². The molecule has 0 spiro atoms. The molecule has 1 amide bonds. The van der Waals surface area contributed by atoms with E-state index in [4.69, 9.17) is 5.84 Å². The van der Waals surface area contributed by atoms with Gasteiger partial charge in [0.25, 0.3) is 5.91 Å². The van der Waals surface area contributed by atoms with Crippen molar-refractivity contribution in [1.29, 1.82) is 0 Å². The Balaban J connectivity index is 2.32. The predicted molar refractivity (Wildman–Crippen MR) is 64.1 cm³/mol. The van der Waals surface area contributed by atoms with Gasteiger partial charge in [0.05, 0.1) is 6.54 Å². The summed E-state index contributed by atoms with van der Waals surface area (Å²) >= 11 is 0. The Morgan fingerprint density at radius 2 is 2.28 bits per heavy atom. The molecule has 3 N–H and O–H groups in total. The molecule has 0 unspecified atom stereocenters. The van der Waals surface area contributed by atoms with Crippen molar-refractivity contribution in [1.82, 2.24) is 15.2 Å². The second-order valence-electron chi connectivity index (χ2n) is 3.91. The number of amides is 1. The molecule has 1 aromatic carbocycles. The third-order valence-corrected chi connectivity index (χ3v) is 2.69. The van der Waals surface area contributed by atoms with Crippen molar-refractivity contribution in [2.75, 3.05) is 0 Å². The van der Waals surface area contributed by atoms with Gasteiger partial charge in [-0.15, -0.1) is 0 Å². The summed E-state index contributed by atoms with van der Waals surface area (Å²) in [6.45, 7) is 2.15. The number of carbonyl (C=O) groups is 1. The highest BCUT2D eigenvalue weighted by molar-refractivity contribution is 5.93. The first-order valence-electron chi connectivity index (χ1n) is 5.39. The van der Waals surface area contributed by atoms with Gasteiger partial charge in [-0.3, -0.25) is 14.9 Å². The van der Waals surface area contributed by atoms with Crippen LogP contribution in [-0.4, -0.2) is 15.7 Å². The van der Waals surface area contributed by atoms with Crippen molar-refractivity contribution in [3.8, 4) is 0 Å². The number of rotatable bonds is 3. The molecule has 0 saturated heterocycles. The molecule has 1 aromatic heterocycles. The molecule has 18 heavy (non-hydrogen) atoms. The van der Waals surface area contributed by atoms with Crippen molar-refractivity contribution in [3.63, 3.8) is 0 Å². The summed E-state index contributed by atoms with van der Waals surface area (Å²) in [4.78, 5) is 11.4. The van der Waals surface area contributed by atoms with Crippen LogP contribution in [0.5, 0.6) is 0 Å². The van der Waals surface area contributed by atoms with Gasteiger partial charge in [0.1, 0.15) is 5.82 Å². The van der Waals surface area contributed by atoms with Crippen LogP contribution in [-0.2, 0) is 6.54 Å². The fourth-order valence-corrected chi connectivity index (χ4v) is 1.65. The lowest BCUT2D eigenvalue weighted by Crippen LogP contribution is -2.30. The molecule has 0 atom stereocenters. The minimum atomic E-state index is -0.451. The molecule has 0 saturated carbocycles. The van der Waals surface area contributed by atoms with Crippen LogP contribution in [0.15, 0.2) is 30.5 Å². The molecule has 5 nitrogen and oxygen atoms in total. The molecule has 0 aliphatic rings. The van der Waals surface area contributed by atoms with E-state index in [-0.39, 0.29) is 12.4 Å². The van der Waals surface area contributed by atoms with E-state index in [0.29, 0.717) is 11.1 Å². The van der Waals surface area contributed by atoms with Gasteiger partial charge in [-0.2, -0.15) is 5.10 Å². The van der Waals surface area contributed by atoms with E-state index in [9.17, 15) is 9.18 Å². The van der Waals surface area contributed by atoms with Crippen LogP contribution in [0.2, 0.25) is 0 Å². The molecular formula is C12H13FN4O. The van der Waals surface area contributed by atoms with E-state index >= 15 is 0 Å². The number of halogens is 1. The lowest BCUT2D eigenvalue weighted by atomic mass is 10.1. The minimum Gasteiger partial charge on any atom is -0.290 e. The third-order valence-electron chi connectivity index (χ3n) is 2.69. The Morgan fingerprint density at radius 1 is 1.50 bits per heavy atom. The van der Waals surface area contributed by atoms with Gasteiger partial charge in [0.15, 0.2) is 0 Å². The number of hydrogen-bond donors (Lipinski definition) is 2. The van der Waals surface area contributed by atoms with Crippen molar-refractivity contribution >= 4 is 5.91 Å². The molecular weight excluding hydrogens is 235 g/mol. The zero-order valence-corrected chi connectivity index (χ0v) is 9.85. The molecule has 0 bridgehead atoms. The van der Waals surface area contributed by atoms with Gasteiger partial charge in [-0.05, 0) is 31.2 Å². The number of nitrogen functional groups attached to an aromatic ring is 1. The van der Waals surface area contributed by atoms with E-state index in [0.717, 1.165) is 5.69 Å². The topological polar surface area (TPSA) is 72.9 Å². The van der Waals surface area contributed by atoms with E-state index < -0.39 is 5.91 Å². The number of hydrazine groups is 1.